The second-order valence-corrected chi connectivity index (χ2v) is 7.07. The van der Waals surface area contributed by atoms with Crippen molar-refractivity contribution in [2.24, 2.45) is 5.92 Å². The van der Waals surface area contributed by atoms with E-state index < -0.39 is 11.5 Å². The van der Waals surface area contributed by atoms with Crippen LogP contribution in [0.5, 0.6) is 5.88 Å². The van der Waals surface area contributed by atoms with E-state index in [1.54, 1.807) is 36.5 Å². The first-order chi connectivity index (χ1) is 13.1. The zero-order valence-electron chi connectivity index (χ0n) is 15.5. The quantitative estimate of drug-likeness (QED) is 0.644. The summed E-state index contributed by atoms with van der Waals surface area (Å²) in [4.78, 5) is 38.0. The van der Waals surface area contributed by atoms with Crippen molar-refractivity contribution >= 4 is 34.9 Å². The molecular weight excluding hydrogens is 372 g/mol. The summed E-state index contributed by atoms with van der Waals surface area (Å²) in [5.41, 5.74) is -0.177. The molecule has 3 heterocycles. The van der Waals surface area contributed by atoms with E-state index in [2.05, 4.69) is 15.0 Å². The van der Waals surface area contributed by atoms with Gasteiger partial charge in [0.2, 0.25) is 5.88 Å². The fraction of sp³-hybridized carbons (Fsp3) is 0.588. The molecular formula is C17H22N4O5S. The third kappa shape index (κ3) is 3.33. The van der Waals surface area contributed by atoms with Crippen LogP contribution in [0, 0.1) is 5.92 Å². The number of imidazole rings is 1. The lowest BCUT2D eigenvalue weighted by molar-refractivity contribution is -0.156. The van der Waals surface area contributed by atoms with Gasteiger partial charge in [-0.2, -0.15) is 16.7 Å². The Morgan fingerprint density at radius 1 is 1.26 bits per heavy atom. The topological polar surface area (TPSA) is 105 Å². The van der Waals surface area contributed by atoms with Gasteiger partial charge >= 0.3 is 11.9 Å². The number of ether oxygens (including phenoxy) is 3. The summed E-state index contributed by atoms with van der Waals surface area (Å²) in [6.45, 7) is 4.05. The normalized spacial score (nSPS) is 22.0. The Balaban J connectivity index is 2.11. The van der Waals surface area contributed by atoms with Gasteiger partial charge in [-0.15, -0.1) is 0 Å². The van der Waals surface area contributed by atoms with Gasteiger partial charge in [-0.3, -0.25) is 9.36 Å². The van der Waals surface area contributed by atoms with Crippen LogP contribution in [0.4, 0.5) is 0 Å². The summed E-state index contributed by atoms with van der Waals surface area (Å²) in [5, 5.41) is 0. The van der Waals surface area contributed by atoms with Gasteiger partial charge in [0.25, 0.3) is 0 Å². The van der Waals surface area contributed by atoms with Crippen LogP contribution in [-0.4, -0.2) is 63.3 Å². The standard InChI is InChI=1S/C17H22N4O5S/c1-4-25-12(22)6-11-7-27-8-17(11,16(23)26-5-2)21-10-20-13-14(21)18-9-19-15(13)24-3/h9-11H,4-8H2,1-3H3/t11-,17-/m0/s1. The summed E-state index contributed by atoms with van der Waals surface area (Å²) in [6, 6.07) is 0. The van der Waals surface area contributed by atoms with Crippen LogP contribution in [0.15, 0.2) is 12.7 Å². The fourth-order valence-electron chi connectivity index (χ4n) is 3.36. The molecule has 0 aromatic carbocycles. The third-order valence-electron chi connectivity index (χ3n) is 4.59. The Hall–Kier alpha value is -2.36. The Morgan fingerprint density at radius 3 is 2.74 bits per heavy atom. The minimum Gasteiger partial charge on any atom is -0.479 e. The molecule has 0 saturated carbocycles. The lowest BCUT2D eigenvalue weighted by Crippen LogP contribution is -2.49. The summed E-state index contributed by atoms with van der Waals surface area (Å²) in [5.74, 6) is 0.355. The van der Waals surface area contributed by atoms with Crippen LogP contribution in [0.25, 0.3) is 11.2 Å². The van der Waals surface area contributed by atoms with Crippen LogP contribution in [-0.2, 0) is 24.6 Å². The summed E-state index contributed by atoms with van der Waals surface area (Å²) >= 11 is 1.59. The Morgan fingerprint density at radius 2 is 2.04 bits per heavy atom. The number of fused-ring (bicyclic) bond motifs is 1. The molecule has 0 spiro atoms. The maximum absolute atomic E-state index is 13.1. The average molecular weight is 394 g/mol. The lowest BCUT2D eigenvalue weighted by atomic mass is 9.84. The molecule has 146 valence electrons. The zero-order valence-corrected chi connectivity index (χ0v) is 16.3. The molecule has 0 radical (unpaired) electrons. The smallest absolute Gasteiger partial charge is 0.333 e. The molecule has 0 bridgehead atoms. The number of hydrogen-bond donors (Lipinski definition) is 0. The van der Waals surface area contributed by atoms with Crippen LogP contribution in [0.3, 0.4) is 0 Å². The largest absolute Gasteiger partial charge is 0.479 e. The molecule has 1 aliphatic rings. The van der Waals surface area contributed by atoms with E-state index in [1.165, 1.54) is 13.4 Å². The number of hydrogen-bond acceptors (Lipinski definition) is 9. The number of methoxy groups -OCH3 is 1. The highest BCUT2D eigenvalue weighted by atomic mass is 32.2. The zero-order chi connectivity index (χ0) is 19.4. The highest BCUT2D eigenvalue weighted by molar-refractivity contribution is 7.99. The number of carbonyl (C=O) groups excluding carboxylic acids is 2. The minimum atomic E-state index is -1.10. The highest BCUT2D eigenvalue weighted by Crippen LogP contribution is 2.44. The average Bonchev–Trinajstić information content (AvgIpc) is 3.26. The Kier molecular flexibility index (Phi) is 5.83. The molecule has 0 aliphatic carbocycles. The van der Waals surface area contributed by atoms with Crippen molar-refractivity contribution in [1.29, 1.82) is 0 Å². The van der Waals surface area contributed by atoms with Crippen LogP contribution < -0.4 is 4.74 Å². The fourth-order valence-corrected chi connectivity index (χ4v) is 4.96. The van der Waals surface area contributed by atoms with Crippen molar-refractivity contribution in [2.75, 3.05) is 31.8 Å². The monoisotopic (exact) mass is 394 g/mol. The van der Waals surface area contributed by atoms with E-state index in [0.717, 1.165) is 0 Å². The lowest BCUT2D eigenvalue weighted by Gasteiger charge is -2.33. The van der Waals surface area contributed by atoms with Gasteiger partial charge in [0.1, 0.15) is 6.33 Å². The molecule has 1 aliphatic heterocycles. The predicted octanol–water partition coefficient (Wildman–Crippen LogP) is 1.41. The van der Waals surface area contributed by atoms with Crippen LogP contribution in [0.1, 0.15) is 20.3 Å². The van der Waals surface area contributed by atoms with Crippen molar-refractivity contribution in [1.82, 2.24) is 19.5 Å². The van der Waals surface area contributed by atoms with Gasteiger partial charge in [0, 0.05) is 11.7 Å². The van der Waals surface area contributed by atoms with E-state index in [-0.39, 0.29) is 24.9 Å². The highest BCUT2D eigenvalue weighted by Gasteiger charge is 2.54. The van der Waals surface area contributed by atoms with Gasteiger partial charge in [-0.05, 0) is 19.6 Å². The Labute approximate surface area is 160 Å². The first kappa shape index (κ1) is 19.4. The van der Waals surface area contributed by atoms with Crippen molar-refractivity contribution in [3.8, 4) is 5.88 Å². The molecule has 3 rings (SSSR count). The molecule has 9 nitrogen and oxygen atoms in total. The molecule has 0 amide bonds. The van der Waals surface area contributed by atoms with Gasteiger partial charge < -0.3 is 14.2 Å². The first-order valence-electron chi connectivity index (χ1n) is 8.71. The first-order valence-corrected chi connectivity index (χ1v) is 9.87. The Bertz CT molecular complexity index is 842. The minimum absolute atomic E-state index is 0.113. The van der Waals surface area contributed by atoms with E-state index in [4.69, 9.17) is 14.2 Å². The van der Waals surface area contributed by atoms with Crippen molar-refractivity contribution in [3.63, 3.8) is 0 Å². The van der Waals surface area contributed by atoms with E-state index in [9.17, 15) is 9.59 Å². The van der Waals surface area contributed by atoms with Crippen LogP contribution in [0.2, 0.25) is 0 Å². The van der Waals surface area contributed by atoms with E-state index >= 15 is 0 Å². The number of thioether (sulfide) groups is 1. The summed E-state index contributed by atoms with van der Waals surface area (Å²) in [6.07, 6.45) is 3.02. The second kappa shape index (κ2) is 8.12. The van der Waals surface area contributed by atoms with Crippen molar-refractivity contribution in [2.45, 2.75) is 25.8 Å². The maximum atomic E-state index is 13.1. The molecule has 27 heavy (non-hydrogen) atoms. The second-order valence-electron chi connectivity index (χ2n) is 6.04. The molecule has 1 saturated heterocycles. The number of carbonyl (C=O) groups is 2. The molecule has 2 aromatic rings. The van der Waals surface area contributed by atoms with Crippen molar-refractivity contribution < 1.29 is 23.8 Å². The number of rotatable bonds is 7. The SMILES string of the molecule is CCOC(=O)C[C@H]1CSC[C@]1(C(=O)OCC)n1cnc2c(OC)ncnc21. The third-order valence-corrected chi connectivity index (χ3v) is 5.87. The molecule has 0 N–H and O–H groups in total. The van der Waals surface area contributed by atoms with Gasteiger partial charge in [-0.25, -0.2) is 14.8 Å². The summed E-state index contributed by atoms with van der Waals surface area (Å²) in [7, 11) is 1.50. The molecule has 1 fully saturated rings. The molecule has 2 aromatic heterocycles. The molecule has 0 unspecified atom stereocenters. The van der Waals surface area contributed by atoms with Crippen LogP contribution >= 0.6 is 11.8 Å². The van der Waals surface area contributed by atoms with Gasteiger partial charge in [0.05, 0.1) is 33.1 Å². The maximum Gasteiger partial charge on any atom is 0.333 e. The van der Waals surface area contributed by atoms with Crippen molar-refractivity contribution in [3.05, 3.63) is 12.7 Å². The van der Waals surface area contributed by atoms with Gasteiger partial charge in [-0.1, -0.05) is 0 Å². The van der Waals surface area contributed by atoms with Gasteiger partial charge in [0.15, 0.2) is 16.7 Å². The number of nitrogens with zero attached hydrogens (tertiary/aromatic N) is 4. The number of aromatic nitrogens is 4. The summed E-state index contributed by atoms with van der Waals surface area (Å²) < 4.78 is 17.5. The van der Waals surface area contributed by atoms with E-state index in [1.807, 2.05) is 0 Å². The van der Waals surface area contributed by atoms with E-state index in [0.29, 0.717) is 35.2 Å². The number of esters is 2. The predicted molar refractivity (Wildman–Crippen MR) is 98.5 cm³/mol. The molecule has 2 atom stereocenters. The molecule has 10 heteroatoms.